The molecule has 0 bridgehead atoms. The first-order chi connectivity index (χ1) is 8.88. The normalized spacial score (nSPS) is 17.4. The zero-order valence-corrected chi connectivity index (χ0v) is 10.4. The Bertz CT molecular complexity index is 531. The molecule has 1 aliphatic rings. The molecule has 0 spiro atoms. The molecule has 1 aliphatic heterocycles. The molecule has 3 rings (SSSR count). The maximum Gasteiger partial charge on any atom is 0.153 e. The van der Waals surface area contributed by atoms with Gasteiger partial charge < -0.3 is 10.5 Å². The molecular formula is C13H18N4O. The molecule has 0 amide bonds. The summed E-state index contributed by atoms with van der Waals surface area (Å²) in [6.07, 6.45) is 4.78. The highest BCUT2D eigenvalue weighted by molar-refractivity contribution is 5.39. The van der Waals surface area contributed by atoms with Gasteiger partial charge in [0.2, 0.25) is 0 Å². The van der Waals surface area contributed by atoms with Crippen molar-refractivity contribution in [2.45, 2.75) is 25.2 Å². The number of rotatable bonds is 3. The lowest BCUT2D eigenvalue weighted by atomic mass is 9.96. The molecule has 2 aromatic heterocycles. The van der Waals surface area contributed by atoms with E-state index in [0.29, 0.717) is 12.5 Å². The van der Waals surface area contributed by atoms with Crippen LogP contribution in [0, 0.1) is 0 Å². The van der Waals surface area contributed by atoms with E-state index in [2.05, 4.69) is 11.1 Å². The van der Waals surface area contributed by atoms with Crippen LogP contribution < -0.4 is 5.73 Å². The average molecular weight is 246 g/mol. The first-order valence-corrected chi connectivity index (χ1v) is 6.50. The van der Waals surface area contributed by atoms with Crippen LogP contribution in [0.3, 0.4) is 0 Å². The lowest BCUT2D eigenvalue weighted by molar-refractivity contribution is 0.0842. The van der Waals surface area contributed by atoms with Gasteiger partial charge in [-0.3, -0.25) is 0 Å². The third-order valence-electron chi connectivity index (χ3n) is 3.49. The second kappa shape index (κ2) is 5.04. The monoisotopic (exact) mass is 246 g/mol. The number of ether oxygens (including phenoxy) is 1. The van der Waals surface area contributed by atoms with E-state index in [1.807, 2.05) is 16.8 Å². The molecule has 0 aromatic carbocycles. The fourth-order valence-corrected chi connectivity index (χ4v) is 2.46. The van der Waals surface area contributed by atoms with Gasteiger partial charge in [-0.05, 0) is 31.5 Å². The Morgan fingerprint density at radius 3 is 2.94 bits per heavy atom. The Labute approximate surface area is 106 Å². The van der Waals surface area contributed by atoms with Gasteiger partial charge in [-0.15, -0.1) is 0 Å². The molecule has 2 N–H and O–H groups in total. The minimum absolute atomic E-state index is 0.510. The lowest BCUT2D eigenvalue weighted by Crippen LogP contribution is -2.16. The summed E-state index contributed by atoms with van der Waals surface area (Å²) >= 11 is 0. The number of nitrogens with zero attached hydrogens (tertiary/aromatic N) is 3. The molecule has 96 valence electrons. The molecule has 5 heteroatoms. The standard InChI is InChI=1S/C13H18N4O/c14-6-3-11-9-15-13-2-1-12(16-17(11)13)10-4-7-18-8-5-10/h1-2,9-10H,3-8,14H2. The van der Waals surface area contributed by atoms with Crippen molar-refractivity contribution in [1.82, 2.24) is 14.6 Å². The summed E-state index contributed by atoms with van der Waals surface area (Å²) in [4.78, 5) is 4.34. The number of nitrogens with two attached hydrogens (primary N) is 1. The zero-order chi connectivity index (χ0) is 12.4. The van der Waals surface area contributed by atoms with E-state index in [9.17, 15) is 0 Å². The summed E-state index contributed by atoms with van der Waals surface area (Å²) in [7, 11) is 0. The van der Waals surface area contributed by atoms with Gasteiger partial charge in [0.25, 0.3) is 0 Å². The minimum atomic E-state index is 0.510. The molecule has 0 unspecified atom stereocenters. The maximum absolute atomic E-state index is 5.61. The van der Waals surface area contributed by atoms with Gasteiger partial charge in [0.05, 0.1) is 17.6 Å². The molecule has 1 saturated heterocycles. The van der Waals surface area contributed by atoms with Gasteiger partial charge in [0.1, 0.15) is 0 Å². The van der Waals surface area contributed by atoms with Crippen LogP contribution in [0.25, 0.3) is 5.65 Å². The number of imidazole rings is 1. The van der Waals surface area contributed by atoms with Crippen LogP contribution in [-0.4, -0.2) is 34.4 Å². The average Bonchev–Trinajstić information content (AvgIpc) is 2.83. The second-order valence-electron chi connectivity index (χ2n) is 4.70. The van der Waals surface area contributed by atoms with Crippen molar-refractivity contribution < 1.29 is 4.74 Å². The van der Waals surface area contributed by atoms with Crippen molar-refractivity contribution >= 4 is 5.65 Å². The van der Waals surface area contributed by atoms with Gasteiger partial charge >= 0.3 is 0 Å². The Morgan fingerprint density at radius 1 is 1.33 bits per heavy atom. The van der Waals surface area contributed by atoms with Crippen LogP contribution in [0.1, 0.15) is 30.1 Å². The first-order valence-electron chi connectivity index (χ1n) is 6.50. The molecule has 0 atom stereocenters. The number of hydrogen-bond acceptors (Lipinski definition) is 4. The summed E-state index contributed by atoms with van der Waals surface area (Å²) in [6, 6.07) is 4.13. The van der Waals surface area contributed by atoms with Gasteiger partial charge in [0.15, 0.2) is 5.65 Å². The van der Waals surface area contributed by atoms with E-state index >= 15 is 0 Å². The summed E-state index contributed by atoms with van der Waals surface area (Å²) in [5, 5.41) is 4.72. The van der Waals surface area contributed by atoms with Crippen molar-refractivity contribution in [2.24, 2.45) is 5.73 Å². The molecule has 5 nitrogen and oxygen atoms in total. The predicted molar refractivity (Wildman–Crippen MR) is 68.5 cm³/mol. The molecule has 3 heterocycles. The van der Waals surface area contributed by atoms with Crippen LogP contribution in [0.15, 0.2) is 18.3 Å². The van der Waals surface area contributed by atoms with E-state index in [-0.39, 0.29) is 0 Å². The van der Waals surface area contributed by atoms with Gasteiger partial charge in [-0.1, -0.05) is 0 Å². The van der Waals surface area contributed by atoms with Crippen LogP contribution in [0.2, 0.25) is 0 Å². The molecule has 18 heavy (non-hydrogen) atoms. The topological polar surface area (TPSA) is 65.4 Å². The zero-order valence-electron chi connectivity index (χ0n) is 10.4. The number of aromatic nitrogens is 3. The lowest BCUT2D eigenvalue weighted by Gasteiger charge is -2.21. The highest BCUT2D eigenvalue weighted by Crippen LogP contribution is 2.25. The van der Waals surface area contributed by atoms with Gasteiger partial charge in [-0.25, -0.2) is 9.50 Å². The summed E-state index contributed by atoms with van der Waals surface area (Å²) < 4.78 is 7.32. The van der Waals surface area contributed by atoms with Crippen LogP contribution in [0.4, 0.5) is 0 Å². The van der Waals surface area contributed by atoms with Crippen molar-refractivity contribution in [2.75, 3.05) is 19.8 Å². The van der Waals surface area contributed by atoms with E-state index in [0.717, 1.165) is 49.5 Å². The van der Waals surface area contributed by atoms with Gasteiger partial charge in [-0.2, -0.15) is 5.10 Å². The summed E-state index contributed by atoms with van der Waals surface area (Å²) in [6.45, 7) is 2.30. The highest BCUT2D eigenvalue weighted by Gasteiger charge is 2.18. The molecule has 0 radical (unpaired) electrons. The van der Waals surface area contributed by atoms with Crippen molar-refractivity contribution in [3.8, 4) is 0 Å². The number of hydrogen-bond donors (Lipinski definition) is 1. The third-order valence-corrected chi connectivity index (χ3v) is 3.49. The van der Waals surface area contributed by atoms with Crippen LogP contribution in [-0.2, 0) is 11.2 Å². The summed E-state index contributed by atoms with van der Waals surface area (Å²) in [5.41, 5.74) is 8.73. The Hall–Kier alpha value is -1.46. The number of fused-ring (bicyclic) bond motifs is 1. The Balaban J connectivity index is 1.95. The molecule has 0 saturated carbocycles. The molecule has 1 fully saturated rings. The quantitative estimate of drug-likeness (QED) is 0.881. The predicted octanol–water partition coefficient (Wildman–Crippen LogP) is 1.12. The molecule has 0 aliphatic carbocycles. The van der Waals surface area contributed by atoms with Crippen LogP contribution >= 0.6 is 0 Å². The SMILES string of the molecule is NCCc1cnc2ccc(C3CCOCC3)nn12. The van der Waals surface area contributed by atoms with Gasteiger partial charge in [0, 0.05) is 25.6 Å². The Kier molecular flexibility index (Phi) is 3.25. The Morgan fingerprint density at radius 2 is 2.17 bits per heavy atom. The fraction of sp³-hybridized carbons (Fsp3) is 0.538. The van der Waals surface area contributed by atoms with E-state index in [1.54, 1.807) is 0 Å². The fourth-order valence-electron chi connectivity index (χ4n) is 2.46. The van der Waals surface area contributed by atoms with Crippen molar-refractivity contribution in [1.29, 1.82) is 0 Å². The maximum atomic E-state index is 5.61. The largest absolute Gasteiger partial charge is 0.381 e. The minimum Gasteiger partial charge on any atom is -0.381 e. The highest BCUT2D eigenvalue weighted by atomic mass is 16.5. The molecular weight excluding hydrogens is 228 g/mol. The van der Waals surface area contributed by atoms with Crippen molar-refractivity contribution in [3.63, 3.8) is 0 Å². The summed E-state index contributed by atoms with van der Waals surface area (Å²) in [5.74, 6) is 0.510. The van der Waals surface area contributed by atoms with E-state index in [1.165, 1.54) is 0 Å². The van der Waals surface area contributed by atoms with Crippen molar-refractivity contribution in [3.05, 3.63) is 29.7 Å². The van der Waals surface area contributed by atoms with E-state index in [4.69, 9.17) is 15.6 Å². The smallest absolute Gasteiger partial charge is 0.153 e. The van der Waals surface area contributed by atoms with Crippen LogP contribution in [0.5, 0.6) is 0 Å². The first kappa shape index (κ1) is 11.6. The second-order valence-corrected chi connectivity index (χ2v) is 4.70. The third kappa shape index (κ3) is 2.11. The van der Waals surface area contributed by atoms with E-state index < -0.39 is 0 Å². The molecule has 2 aromatic rings.